The van der Waals surface area contributed by atoms with Gasteiger partial charge in [-0.2, -0.15) is 0 Å². The Kier molecular flexibility index (Phi) is 6.26. The van der Waals surface area contributed by atoms with Gasteiger partial charge in [-0.25, -0.2) is 9.78 Å². The van der Waals surface area contributed by atoms with Crippen LogP contribution in [0.25, 0.3) is 10.2 Å². The molecule has 0 bridgehead atoms. The molecule has 2 aromatic rings. The molecular formula is C19H25N3O4S. The highest BCUT2D eigenvalue weighted by Gasteiger charge is 2.23. The quantitative estimate of drug-likeness (QED) is 0.559. The van der Waals surface area contributed by atoms with Gasteiger partial charge in [-0.15, -0.1) is 11.3 Å². The fraction of sp³-hybridized carbons (Fsp3) is 0.579. The minimum absolute atomic E-state index is 0.0592. The lowest BCUT2D eigenvalue weighted by molar-refractivity contribution is -0.133. The average Bonchev–Trinajstić information content (AvgIpc) is 3.09. The second-order valence-electron chi connectivity index (χ2n) is 7.06. The van der Waals surface area contributed by atoms with Gasteiger partial charge in [0.05, 0.1) is 23.9 Å². The maximum atomic E-state index is 12.9. The number of rotatable bonds is 6. The molecule has 0 N–H and O–H groups in total. The number of carbonyl (C=O) groups excluding carboxylic acids is 2. The standard InChI is InChI=1S/C19H25N3O4S/c1-3-4-9-26-19(25)14-11-27-17-16(14)18(24)22(12-20-17)10-15(23)21-7-5-13(2)6-8-21/h11-13H,3-10H2,1-2H3. The number of piperidine rings is 1. The Hall–Kier alpha value is -2.22. The van der Waals surface area contributed by atoms with E-state index < -0.39 is 5.97 Å². The van der Waals surface area contributed by atoms with Crippen LogP contribution in [-0.4, -0.2) is 46.0 Å². The highest BCUT2D eigenvalue weighted by Crippen LogP contribution is 2.22. The van der Waals surface area contributed by atoms with Crippen LogP contribution < -0.4 is 5.56 Å². The number of nitrogens with zero attached hydrogens (tertiary/aromatic N) is 3. The summed E-state index contributed by atoms with van der Waals surface area (Å²) in [4.78, 5) is 44.2. The number of ether oxygens (including phenoxy) is 1. The van der Waals surface area contributed by atoms with E-state index in [9.17, 15) is 14.4 Å². The molecule has 0 aliphatic carbocycles. The van der Waals surface area contributed by atoms with E-state index in [1.165, 1.54) is 22.2 Å². The Balaban J connectivity index is 1.80. The molecule has 146 valence electrons. The minimum Gasteiger partial charge on any atom is -0.462 e. The Morgan fingerprint density at radius 2 is 2.07 bits per heavy atom. The van der Waals surface area contributed by atoms with Crippen LogP contribution in [0.3, 0.4) is 0 Å². The molecule has 1 fully saturated rings. The molecule has 7 nitrogen and oxygen atoms in total. The molecule has 0 unspecified atom stereocenters. The number of unbranched alkanes of at least 4 members (excludes halogenated alkanes) is 1. The lowest BCUT2D eigenvalue weighted by atomic mass is 9.99. The molecule has 3 rings (SSSR count). The third-order valence-electron chi connectivity index (χ3n) is 4.95. The Bertz CT molecular complexity index is 881. The number of hydrogen-bond acceptors (Lipinski definition) is 6. The van der Waals surface area contributed by atoms with Crippen molar-refractivity contribution in [1.29, 1.82) is 0 Å². The fourth-order valence-corrected chi connectivity index (χ4v) is 3.99. The van der Waals surface area contributed by atoms with E-state index in [2.05, 4.69) is 11.9 Å². The van der Waals surface area contributed by atoms with Gasteiger partial charge in [-0.3, -0.25) is 14.2 Å². The predicted molar refractivity (Wildman–Crippen MR) is 104 cm³/mol. The SMILES string of the molecule is CCCCOC(=O)c1csc2ncn(CC(=O)N3CCC(C)CC3)c(=O)c12. The molecule has 1 amide bonds. The molecule has 27 heavy (non-hydrogen) atoms. The van der Waals surface area contributed by atoms with Crippen molar-refractivity contribution < 1.29 is 14.3 Å². The van der Waals surface area contributed by atoms with Crippen LogP contribution in [0, 0.1) is 5.92 Å². The summed E-state index contributed by atoms with van der Waals surface area (Å²) < 4.78 is 6.52. The first kappa shape index (κ1) is 19.5. The van der Waals surface area contributed by atoms with Gasteiger partial charge in [0.25, 0.3) is 5.56 Å². The molecule has 1 saturated heterocycles. The van der Waals surface area contributed by atoms with Crippen molar-refractivity contribution in [3.05, 3.63) is 27.6 Å². The van der Waals surface area contributed by atoms with Gasteiger partial charge < -0.3 is 9.64 Å². The van der Waals surface area contributed by atoms with Crippen molar-refractivity contribution in [3.63, 3.8) is 0 Å². The van der Waals surface area contributed by atoms with Gasteiger partial charge >= 0.3 is 5.97 Å². The number of likely N-dealkylation sites (tertiary alicyclic amines) is 1. The van der Waals surface area contributed by atoms with Gasteiger partial charge in [0.1, 0.15) is 11.4 Å². The normalized spacial score (nSPS) is 15.3. The van der Waals surface area contributed by atoms with Crippen LogP contribution in [-0.2, 0) is 16.1 Å². The van der Waals surface area contributed by atoms with Crippen molar-refractivity contribution in [2.45, 2.75) is 46.1 Å². The van der Waals surface area contributed by atoms with Crippen molar-refractivity contribution in [2.75, 3.05) is 19.7 Å². The highest BCUT2D eigenvalue weighted by molar-refractivity contribution is 7.17. The first-order valence-corrected chi connectivity index (χ1v) is 10.3. The number of esters is 1. The third kappa shape index (κ3) is 4.37. The summed E-state index contributed by atoms with van der Waals surface area (Å²) in [6.45, 7) is 5.90. The lowest BCUT2D eigenvalue weighted by Crippen LogP contribution is -2.41. The Labute approximate surface area is 161 Å². The molecule has 8 heteroatoms. The zero-order valence-corrected chi connectivity index (χ0v) is 16.6. The fourth-order valence-electron chi connectivity index (χ4n) is 3.12. The zero-order valence-electron chi connectivity index (χ0n) is 15.8. The van der Waals surface area contributed by atoms with E-state index in [-0.39, 0.29) is 29.0 Å². The van der Waals surface area contributed by atoms with Crippen LogP contribution in [0.2, 0.25) is 0 Å². The predicted octanol–water partition coefficient (Wildman–Crippen LogP) is 2.67. The van der Waals surface area contributed by atoms with Crippen LogP contribution in [0.15, 0.2) is 16.5 Å². The van der Waals surface area contributed by atoms with Gasteiger partial charge in [0.2, 0.25) is 5.91 Å². The molecular weight excluding hydrogens is 366 g/mol. The van der Waals surface area contributed by atoms with Crippen molar-refractivity contribution in [2.24, 2.45) is 5.92 Å². The van der Waals surface area contributed by atoms with Crippen molar-refractivity contribution in [1.82, 2.24) is 14.5 Å². The largest absolute Gasteiger partial charge is 0.462 e. The topological polar surface area (TPSA) is 81.5 Å². The van der Waals surface area contributed by atoms with E-state index in [0.717, 1.165) is 38.8 Å². The first-order valence-electron chi connectivity index (χ1n) is 9.42. The van der Waals surface area contributed by atoms with Gasteiger partial charge in [0, 0.05) is 18.5 Å². The molecule has 0 spiro atoms. The minimum atomic E-state index is -0.511. The van der Waals surface area contributed by atoms with Gasteiger partial charge in [-0.05, 0) is 25.2 Å². The Morgan fingerprint density at radius 3 is 2.78 bits per heavy atom. The Morgan fingerprint density at radius 1 is 1.33 bits per heavy atom. The molecule has 3 heterocycles. The lowest BCUT2D eigenvalue weighted by Gasteiger charge is -2.30. The first-order chi connectivity index (χ1) is 13.0. The second kappa shape index (κ2) is 8.65. The van der Waals surface area contributed by atoms with Crippen molar-refractivity contribution in [3.8, 4) is 0 Å². The van der Waals surface area contributed by atoms with Crippen molar-refractivity contribution >= 4 is 33.4 Å². The highest BCUT2D eigenvalue weighted by atomic mass is 32.1. The van der Waals surface area contributed by atoms with Crippen LogP contribution in [0.4, 0.5) is 0 Å². The summed E-state index contributed by atoms with van der Waals surface area (Å²) in [5.74, 6) is 0.0250. The molecule has 0 saturated carbocycles. The summed E-state index contributed by atoms with van der Waals surface area (Å²) >= 11 is 1.23. The summed E-state index contributed by atoms with van der Waals surface area (Å²) in [6.07, 6.45) is 5.05. The summed E-state index contributed by atoms with van der Waals surface area (Å²) in [6, 6.07) is 0. The molecule has 1 aliphatic rings. The number of thiophene rings is 1. The number of amides is 1. The summed E-state index contributed by atoms with van der Waals surface area (Å²) in [5, 5.41) is 1.84. The molecule has 0 atom stereocenters. The maximum Gasteiger partial charge on any atom is 0.339 e. The van der Waals surface area contributed by atoms with Crippen LogP contribution >= 0.6 is 11.3 Å². The number of fused-ring (bicyclic) bond motifs is 1. The van der Waals surface area contributed by atoms with Crippen LogP contribution in [0.5, 0.6) is 0 Å². The van der Waals surface area contributed by atoms with E-state index in [1.54, 1.807) is 10.3 Å². The molecule has 0 aromatic carbocycles. The van der Waals surface area contributed by atoms with Crippen LogP contribution in [0.1, 0.15) is 49.9 Å². The smallest absolute Gasteiger partial charge is 0.339 e. The molecule has 0 radical (unpaired) electrons. The number of hydrogen-bond donors (Lipinski definition) is 0. The van der Waals surface area contributed by atoms with E-state index >= 15 is 0 Å². The van der Waals surface area contributed by atoms with E-state index in [4.69, 9.17) is 4.74 Å². The third-order valence-corrected chi connectivity index (χ3v) is 5.84. The summed E-state index contributed by atoms with van der Waals surface area (Å²) in [7, 11) is 0. The monoisotopic (exact) mass is 391 g/mol. The van der Waals surface area contributed by atoms with E-state index in [0.29, 0.717) is 17.4 Å². The second-order valence-corrected chi connectivity index (χ2v) is 7.92. The number of aromatic nitrogens is 2. The molecule has 2 aromatic heterocycles. The maximum absolute atomic E-state index is 12.9. The zero-order chi connectivity index (χ0) is 19.4. The van der Waals surface area contributed by atoms with Gasteiger partial charge in [-0.1, -0.05) is 20.3 Å². The number of carbonyl (C=O) groups is 2. The summed E-state index contributed by atoms with van der Waals surface area (Å²) in [5.41, 5.74) is -0.139. The van der Waals surface area contributed by atoms with E-state index in [1.807, 2.05) is 6.92 Å². The molecule has 1 aliphatic heterocycles. The van der Waals surface area contributed by atoms with Gasteiger partial charge in [0.15, 0.2) is 0 Å². The average molecular weight is 391 g/mol.